The van der Waals surface area contributed by atoms with Gasteiger partial charge in [0.05, 0.1) is 12.7 Å². The van der Waals surface area contributed by atoms with Crippen molar-refractivity contribution in [3.05, 3.63) is 41.2 Å². The lowest BCUT2D eigenvalue weighted by molar-refractivity contribution is -0.141. The van der Waals surface area contributed by atoms with Gasteiger partial charge in [-0.3, -0.25) is 0 Å². The van der Waals surface area contributed by atoms with Crippen LogP contribution in [0.3, 0.4) is 0 Å². The molecule has 0 heterocycles. The molecule has 0 amide bonds. The van der Waals surface area contributed by atoms with E-state index in [-0.39, 0.29) is 5.76 Å². The summed E-state index contributed by atoms with van der Waals surface area (Å²) in [6.07, 6.45) is 4.73. The zero-order valence-corrected chi connectivity index (χ0v) is 12.6. The average molecular weight is 290 g/mol. The maximum atomic E-state index is 11.8. The van der Waals surface area contributed by atoms with E-state index < -0.39 is 12.1 Å². The van der Waals surface area contributed by atoms with Crippen molar-refractivity contribution in [1.29, 1.82) is 0 Å². The number of ether oxygens (including phenoxy) is 2. The number of hydrogen-bond acceptors (Lipinski definition) is 4. The van der Waals surface area contributed by atoms with Gasteiger partial charge >= 0.3 is 5.97 Å². The molecule has 1 aliphatic carbocycles. The van der Waals surface area contributed by atoms with Crippen LogP contribution in [0.5, 0.6) is 5.75 Å². The van der Waals surface area contributed by atoms with Gasteiger partial charge in [0.2, 0.25) is 5.76 Å². The molecule has 1 unspecified atom stereocenters. The second kappa shape index (κ2) is 7.27. The molecule has 0 saturated heterocycles. The van der Waals surface area contributed by atoms with E-state index in [2.05, 4.69) is 0 Å². The molecule has 4 heteroatoms. The second-order valence-electron chi connectivity index (χ2n) is 5.07. The van der Waals surface area contributed by atoms with Gasteiger partial charge in [-0.15, -0.1) is 0 Å². The lowest BCUT2D eigenvalue weighted by Crippen LogP contribution is -2.14. The van der Waals surface area contributed by atoms with Gasteiger partial charge in [-0.1, -0.05) is 18.6 Å². The lowest BCUT2D eigenvalue weighted by Gasteiger charge is -2.18. The van der Waals surface area contributed by atoms with E-state index in [1.165, 1.54) is 0 Å². The minimum atomic E-state index is -0.543. The molecule has 21 heavy (non-hydrogen) atoms. The fourth-order valence-electron chi connectivity index (χ4n) is 2.61. The fraction of sp³-hybridized carbons (Fsp3) is 0.471. The molecule has 114 valence electrons. The van der Waals surface area contributed by atoms with Crippen LogP contribution in [0.25, 0.3) is 0 Å². The Morgan fingerprint density at radius 2 is 2.24 bits per heavy atom. The maximum absolute atomic E-state index is 11.8. The van der Waals surface area contributed by atoms with Crippen LogP contribution >= 0.6 is 0 Å². The summed E-state index contributed by atoms with van der Waals surface area (Å²) in [4.78, 5) is 11.8. The molecule has 0 spiro atoms. The van der Waals surface area contributed by atoms with Crippen LogP contribution in [-0.4, -0.2) is 17.7 Å². The molecule has 0 radical (unpaired) electrons. The number of rotatable bonds is 4. The minimum absolute atomic E-state index is 0.154. The first kappa shape index (κ1) is 15.6. The topological polar surface area (TPSA) is 55.8 Å². The highest BCUT2D eigenvalue weighted by molar-refractivity contribution is 5.86. The van der Waals surface area contributed by atoms with Crippen molar-refractivity contribution in [2.45, 2.75) is 45.6 Å². The fourth-order valence-corrected chi connectivity index (χ4v) is 2.61. The van der Waals surface area contributed by atoms with E-state index in [0.29, 0.717) is 12.4 Å². The van der Waals surface area contributed by atoms with Crippen LogP contribution in [0.2, 0.25) is 0 Å². The molecular weight excluding hydrogens is 268 g/mol. The summed E-state index contributed by atoms with van der Waals surface area (Å²) in [7, 11) is 0. The third-order valence-corrected chi connectivity index (χ3v) is 3.62. The Morgan fingerprint density at radius 1 is 1.43 bits per heavy atom. The largest absolute Gasteiger partial charge is 0.460 e. The third kappa shape index (κ3) is 3.64. The Bertz CT molecular complexity index is 534. The first-order chi connectivity index (χ1) is 10.2. The van der Waals surface area contributed by atoms with Gasteiger partial charge < -0.3 is 14.6 Å². The van der Waals surface area contributed by atoms with E-state index in [4.69, 9.17) is 9.47 Å². The second-order valence-corrected chi connectivity index (χ2v) is 5.07. The molecule has 0 bridgehead atoms. The predicted molar refractivity (Wildman–Crippen MR) is 80.0 cm³/mol. The molecule has 0 aromatic heterocycles. The zero-order valence-electron chi connectivity index (χ0n) is 12.6. The minimum Gasteiger partial charge on any atom is -0.460 e. The molecule has 0 saturated carbocycles. The summed E-state index contributed by atoms with van der Waals surface area (Å²) < 4.78 is 10.7. The van der Waals surface area contributed by atoms with Gasteiger partial charge in [-0.05, 0) is 50.8 Å². The standard InChI is InChI=1S/C17H22O4/c1-3-14(17(19)20-4-2)21-15-11-7-9-12-8-5-6-10-13(18)16(12)15/h3,7,9,11,13,18H,4-6,8,10H2,1-2H3/b14-3-. The number of hydrogen-bond donors (Lipinski definition) is 1. The van der Waals surface area contributed by atoms with E-state index in [9.17, 15) is 9.90 Å². The van der Waals surface area contributed by atoms with Crippen molar-refractivity contribution >= 4 is 5.97 Å². The van der Waals surface area contributed by atoms with Crippen LogP contribution < -0.4 is 4.74 Å². The summed E-state index contributed by atoms with van der Waals surface area (Å²) in [5.74, 6) is 0.213. The van der Waals surface area contributed by atoms with Crippen LogP contribution in [0.15, 0.2) is 30.0 Å². The van der Waals surface area contributed by atoms with Gasteiger partial charge in [0.15, 0.2) is 0 Å². The number of esters is 1. The number of fused-ring (bicyclic) bond motifs is 1. The monoisotopic (exact) mass is 290 g/mol. The number of carbonyl (C=O) groups is 1. The van der Waals surface area contributed by atoms with E-state index in [1.807, 2.05) is 12.1 Å². The number of benzene rings is 1. The van der Waals surface area contributed by atoms with E-state index >= 15 is 0 Å². The first-order valence-corrected chi connectivity index (χ1v) is 7.48. The van der Waals surface area contributed by atoms with Gasteiger partial charge in [0.1, 0.15) is 5.75 Å². The Morgan fingerprint density at radius 3 is 2.95 bits per heavy atom. The Kier molecular flexibility index (Phi) is 5.39. The molecule has 1 N–H and O–H groups in total. The van der Waals surface area contributed by atoms with Crippen molar-refractivity contribution in [3.63, 3.8) is 0 Å². The summed E-state index contributed by atoms with van der Waals surface area (Å²) in [6, 6.07) is 5.69. The zero-order chi connectivity index (χ0) is 15.2. The molecule has 1 aliphatic rings. The highest BCUT2D eigenvalue weighted by atomic mass is 16.6. The molecule has 2 rings (SSSR count). The Balaban J connectivity index is 2.30. The van der Waals surface area contributed by atoms with Crippen molar-refractivity contribution < 1.29 is 19.4 Å². The molecule has 4 nitrogen and oxygen atoms in total. The SMILES string of the molecule is C/C=C(\Oc1cccc2c1C(O)CCCC2)C(=O)OCC. The summed E-state index contributed by atoms with van der Waals surface area (Å²) in [6.45, 7) is 3.78. The van der Waals surface area contributed by atoms with Crippen molar-refractivity contribution in [2.24, 2.45) is 0 Å². The summed E-state index contributed by atoms with van der Waals surface area (Å²) in [5.41, 5.74) is 1.90. The normalized spacial score (nSPS) is 18.6. The molecule has 1 atom stereocenters. The van der Waals surface area contributed by atoms with Gasteiger partial charge in [0, 0.05) is 5.56 Å². The van der Waals surface area contributed by atoms with E-state index in [1.54, 1.807) is 26.0 Å². The predicted octanol–water partition coefficient (Wildman–Crippen LogP) is 3.29. The van der Waals surface area contributed by atoms with Gasteiger partial charge in [-0.25, -0.2) is 4.79 Å². The first-order valence-electron chi connectivity index (χ1n) is 7.48. The molecule has 0 aliphatic heterocycles. The number of allylic oxidation sites excluding steroid dienone is 1. The molecular formula is C17H22O4. The van der Waals surface area contributed by atoms with Crippen LogP contribution in [0.4, 0.5) is 0 Å². The van der Waals surface area contributed by atoms with Crippen LogP contribution in [0.1, 0.15) is 50.3 Å². The highest BCUT2D eigenvalue weighted by Crippen LogP contribution is 2.36. The number of aliphatic hydroxyl groups is 1. The summed E-state index contributed by atoms with van der Waals surface area (Å²) >= 11 is 0. The molecule has 1 aromatic carbocycles. The molecule has 0 fully saturated rings. The summed E-state index contributed by atoms with van der Waals surface area (Å²) in [5, 5.41) is 10.3. The Labute approximate surface area is 125 Å². The van der Waals surface area contributed by atoms with E-state index in [0.717, 1.165) is 36.8 Å². The maximum Gasteiger partial charge on any atom is 0.373 e. The number of carbonyl (C=O) groups excluding carboxylic acids is 1. The van der Waals surface area contributed by atoms with Crippen molar-refractivity contribution in [2.75, 3.05) is 6.61 Å². The number of aryl methyl sites for hydroxylation is 1. The van der Waals surface area contributed by atoms with Gasteiger partial charge in [0.25, 0.3) is 0 Å². The average Bonchev–Trinajstić information content (AvgIpc) is 2.67. The lowest BCUT2D eigenvalue weighted by atomic mass is 10.00. The highest BCUT2D eigenvalue weighted by Gasteiger charge is 2.22. The molecule has 1 aromatic rings. The number of aliphatic hydroxyl groups excluding tert-OH is 1. The van der Waals surface area contributed by atoms with Crippen molar-refractivity contribution in [1.82, 2.24) is 0 Å². The van der Waals surface area contributed by atoms with Crippen molar-refractivity contribution in [3.8, 4) is 5.75 Å². The third-order valence-electron chi connectivity index (χ3n) is 3.62. The van der Waals surface area contributed by atoms with Crippen LogP contribution in [0, 0.1) is 0 Å². The smallest absolute Gasteiger partial charge is 0.373 e. The Hall–Kier alpha value is -1.81. The quantitative estimate of drug-likeness (QED) is 0.400. The van der Waals surface area contributed by atoms with Crippen LogP contribution in [-0.2, 0) is 16.0 Å². The van der Waals surface area contributed by atoms with Gasteiger partial charge in [-0.2, -0.15) is 0 Å².